The van der Waals surface area contributed by atoms with Crippen LogP contribution in [0.1, 0.15) is 57.2 Å². The predicted molar refractivity (Wildman–Crippen MR) is 122 cm³/mol. The first-order valence-corrected chi connectivity index (χ1v) is 11.4. The Morgan fingerprint density at radius 2 is 1.84 bits per heavy atom. The van der Waals surface area contributed by atoms with Crippen LogP contribution in [0.15, 0.2) is 36.5 Å². The Balaban J connectivity index is 1.41. The number of hydrogen-bond donors (Lipinski definition) is 1. The molecule has 7 nitrogen and oxygen atoms in total. The van der Waals surface area contributed by atoms with Gasteiger partial charge in [-0.2, -0.15) is 4.98 Å². The maximum absolute atomic E-state index is 12.2. The minimum atomic E-state index is -0.347. The predicted octanol–water partition coefficient (Wildman–Crippen LogP) is 4.62. The van der Waals surface area contributed by atoms with Gasteiger partial charge in [0, 0.05) is 12.7 Å². The van der Waals surface area contributed by atoms with Gasteiger partial charge in [-0.3, -0.25) is 9.80 Å². The molecule has 1 aromatic heterocycles. The summed E-state index contributed by atoms with van der Waals surface area (Å²) in [6.45, 7) is 10.1. The largest absolute Gasteiger partial charge is 0.447 e. The van der Waals surface area contributed by atoms with Gasteiger partial charge in [-0.1, -0.05) is 44.5 Å². The van der Waals surface area contributed by atoms with E-state index in [2.05, 4.69) is 65.2 Å². The highest BCUT2D eigenvalue weighted by Crippen LogP contribution is 2.27. The zero-order chi connectivity index (χ0) is 21.8. The molecular formula is C24H33N5O2. The summed E-state index contributed by atoms with van der Waals surface area (Å²) in [4.78, 5) is 25.4. The molecule has 3 heterocycles. The molecule has 0 unspecified atom stereocenters. The average molecular weight is 424 g/mol. The zero-order valence-electron chi connectivity index (χ0n) is 18.8. The van der Waals surface area contributed by atoms with E-state index in [-0.39, 0.29) is 24.1 Å². The third kappa shape index (κ3) is 5.15. The molecule has 7 heteroatoms. The molecule has 2 saturated heterocycles. The number of amides is 1. The van der Waals surface area contributed by atoms with Crippen LogP contribution in [0.3, 0.4) is 0 Å². The summed E-state index contributed by atoms with van der Waals surface area (Å²) in [5, 5.41) is 3.37. The topological polar surface area (TPSA) is 70.6 Å². The van der Waals surface area contributed by atoms with E-state index in [4.69, 9.17) is 4.74 Å². The van der Waals surface area contributed by atoms with Gasteiger partial charge < -0.3 is 10.1 Å². The van der Waals surface area contributed by atoms with Gasteiger partial charge in [0.15, 0.2) is 0 Å². The summed E-state index contributed by atoms with van der Waals surface area (Å²) >= 11 is 0. The summed E-state index contributed by atoms with van der Waals surface area (Å²) in [6.07, 6.45) is 5.32. The van der Waals surface area contributed by atoms with Crippen LogP contribution in [0.5, 0.6) is 0 Å². The number of carbonyl (C=O) groups excluding carboxylic acids is 1. The fourth-order valence-corrected chi connectivity index (χ4v) is 4.31. The number of aromatic nitrogens is 2. The number of anilines is 2. The molecule has 31 heavy (non-hydrogen) atoms. The van der Waals surface area contributed by atoms with Crippen molar-refractivity contribution in [3.05, 3.63) is 47.7 Å². The van der Waals surface area contributed by atoms with Crippen LogP contribution in [0.25, 0.3) is 0 Å². The van der Waals surface area contributed by atoms with Crippen LogP contribution in [-0.4, -0.2) is 46.7 Å². The molecule has 2 aliphatic heterocycles. The molecule has 0 radical (unpaired) electrons. The van der Waals surface area contributed by atoms with Crippen molar-refractivity contribution in [1.29, 1.82) is 0 Å². The maximum Gasteiger partial charge on any atom is 0.415 e. The summed E-state index contributed by atoms with van der Waals surface area (Å²) in [5.74, 6) is 1.35. The molecule has 2 aromatic rings. The van der Waals surface area contributed by atoms with Crippen molar-refractivity contribution in [2.45, 2.75) is 58.7 Å². The Morgan fingerprint density at radius 1 is 1.10 bits per heavy atom. The normalized spacial score (nSPS) is 20.7. The lowest BCUT2D eigenvalue weighted by Crippen LogP contribution is -2.37. The minimum Gasteiger partial charge on any atom is -0.447 e. The van der Waals surface area contributed by atoms with Crippen LogP contribution >= 0.6 is 0 Å². The van der Waals surface area contributed by atoms with E-state index in [0.29, 0.717) is 18.4 Å². The fraction of sp³-hybridized carbons (Fsp3) is 0.542. The lowest BCUT2D eigenvalue weighted by atomic mass is 10.0. The molecular weight excluding hydrogens is 390 g/mol. The summed E-state index contributed by atoms with van der Waals surface area (Å²) in [7, 11) is 0. The molecule has 1 amide bonds. The van der Waals surface area contributed by atoms with Gasteiger partial charge in [0.25, 0.3) is 0 Å². The van der Waals surface area contributed by atoms with E-state index in [9.17, 15) is 4.79 Å². The smallest absolute Gasteiger partial charge is 0.415 e. The second-order valence-electron chi connectivity index (χ2n) is 8.94. The van der Waals surface area contributed by atoms with Crippen LogP contribution in [0.4, 0.5) is 16.6 Å². The first kappa shape index (κ1) is 21.6. The number of nitrogens with one attached hydrogen (secondary N) is 1. The van der Waals surface area contributed by atoms with Crippen molar-refractivity contribution in [3.63, 3.8) is 0 Å². The molecule has 2 atom stereocenters. The second kappa shape index (κ2) is 9.64. The molecule has 0 bridgehead atoms. The SMILES string of the molecule is CC(C)[C@H]1COC(=O)N1c1ccnc(N[C@@H](C)c2ccc(CN3CCCCC3)cc2)n1. The van der Waals surface area contributed by atoms with E-state index < -0.39 is 0 Å². The monoisotopic (exact) mass is 423 g/mol. The van der Waals surface area contributed by atoms with Crippen molar-refractivity contribution in [2.75, 3.05) is 29.9 Å². The number of piperidine rings is 1. The standard InChI is InChI=1S/C24H33N5O2/c1-17(2)21-16-31-24(30)29(21)22-11-12-25-23(27-22)26-18(3)20-9-7-19(8-10-20)15-28-13-5-4-6-14-28/h7-12,17-18,21H,4-6,13-16H2,1-3H3,(H,25,26,27)/t18-,21+/m0/s1. The van der Waals surface area contributed by atoms with E-state index in [1.165, 1.54) is 43.5 Å². The third-order valence-corrected chi connectivity index (χ3v) is 6.24. The molecule has 1 N–H and O–H groups in total. The van der Waals surface area contributed by atoms with Crippen molar-refractivity contribution < 1.29 is 9.53 Å². The average Bonchev–Trinajstić information content (AvgIpc) is 3.17. The number of likely N-dealkylation sites (tertiary alicyclic amines) is 1. The highest BCUT2D eigenvalue weighted by atomic mass is 16.6. The van der Waals surface area contributed by atoms with Gasteiger partial charge in [0.05, 0.1) is 12.1 Å². The molecule has 2 aliphatic rings. The first-order chi connectivity index (χ1) is 15.0. The maximum atomic E-state index is 12.2. The summed E-state index contributed by atoms with van der Waals surface area (Å²) in [5.41, 5.74) is 2.53. The lowest BCUT2D eigenvalue weighted by Gasteiger charge is -2.26. The highest BCUT2D eigenvalue weighted by Gasteiger charge is 2.37. The molecule has 2 fully saturated rings. The van der Waals surface area contributed by atoms with E-state index in [1.807, 2.05) is 0 Å². The number of rotatable bonds is 7. The minimum absolute atomic E-state index is 0.0138. The van der Waals surface area contributed by atoms with Gasteiger partial charge in [-0.15, -0.1) is 0 Å². The quantitative estimate of drug-likeness (QED) is 0.701. The van der Waals surface area contributed by atoms with Gasteiger partial charge >= 0.3 is 6.09 Å². The molecule has 1 aromatic carbocycles. The van der Waals surface area contributed by atoms with Crippen LogP contribution in [0, 0.1) is 5.92 Å². The molecule has 0 spiro atoms. The Morgan fingerprint density at radius 3 is 2.55 bits per heavy atom. The van der Waals surface area contributed by atoms with Crippen molar-refractivity contribution >= 4 is 17.9 Å². The zero-order valence-corrected chi connectivity index (χ0v) is 18.8. The molecule has 166 valence electrons. The Hall–Kier alpha value is -2.67. The van der Waals surface area contributed by atoms with Crippen LogP contribution in [-0.2, 0) is 11.3 Å². The van der Waals surface area contributed by atoms with Gasteiger partial charge in [-0.05, 0) is 56.0 Å². The fourth-order valence-electron chi connectivity index (χ4n) is 4.31. The third-order valence-electron chi connectivity index (χ3n) is 6.24. The van der Waals surface area contributed by atoms with Crippen molar-refractivity contribution in [3.8, 4) is 0 Å². The number of nitrogens with zero attached hydrogens (tertiary/aromatic N) is 4. The molecule has 0 saturated carbocycles. The van der Waals surface area contributed by atoms with Gasteiger partial charge in [0.2, 0.25) is 5.95 Å². The molecule has 0 aliphatic carbocycles. The Kier molecular flexibility index (Phi) is 6.70. The number of cyclic esters (lactones) is 1. The van der Waals surface area contributed by atoms with Crippen LogP contribution < -0.4 is 10.2 Å². The second-order valence-corrected chi connectivity index (χ2v) is 8.94. The van der Waals surface area contributed by atoms with E-state index in [0.717, 1.165) is 6.54 Å². The van der Waals surface area contributed by atoms with Crippen molar-refractivity contribution in [2.24, 2.45) is 5.92 Å². The summed E-state index contributed by atoms with van der Waals surface area (Å²) < 4.78 is 5.25. The van der Waals surface area contributed by atoms with Gasteiger partial charge in [-0.25, -0.2) is 9.78 Å². The Labute approximate surface area is 184 Å². The highest BCUT2D eigenvalue weighted by molar-refractivity contribution is 5.89. The van der Waals surface area contributed by atoms with Crippen molar-refractivity contribution in [1.82, 2.24) is 14.9 Å². The Bertz CT molecular complexity index is 880. The number of ether oxygens (including phenoxy) is 1. The number of benzene rings is 1. The first-order valence-electron chi connectivity index (χ1n) is 11.4. The van der Waals surface area contributed by atoms with E-state index >= 15 is 0 Å². The lowest BCUT2D eigenvalue weighted by molar-refractivity contribution is 0.177. The van der Waals surface area contributed by atoms with Crippen LogP contribution in [0.2, 0.25) is 0 Å². The number of carbonyl (C=O) groups is 1. The summed E-state index contributed by atoms with van der Waals surface area (Å²) in [6, 6.07) is 10.6. The molecule has 4 rings (SSSR count). The van der Waals surface area contributed by atoms with E-state index in [1.54, 1.807) is 17.2 Å². The number of hydrogen-bond acceptors (Lipinski definition) is 6. The van der Waals surface area contributed by atoms with Gasteiger partial charge in [0.1, 0.15) is 12.4 Å².